The number of hydrogen-bond acceptors (Lipinski definition) is 5. The number of nitrogens with one attached hydrogen (secondary N) is 1. The second-order valence-corrected chi connectivity index (χ2v) is 7.71. The second kappa shape index (κ2) is 8.75. The second-order valence-electron chi connectivity index (χ2n) is 7.71. The maximum atomic E-state index is 13.5. The number of amides is 1. The fourth-order valence-corrected chi connectivity index (χ4v) is 3.82. The summed E-state index contributed by atoms with van der Waals surface area (Å²) in [5.41, 5.74) is 1.34. The minimum Gasteiger partial charge on any atom is -0.381 e. The van der Waals surface area contributed by atoms with Crippen LogP contribution in [0.25, 0.3) is 11.3 Å². The van der Waals surface area contributed by atoms with Gasteiger partial charge in [0.25, 0.3) is 0 Å². The Hall–Kier alpha value is -3.06. The summed E-state index contributed by atoms with van der Waals surface area (Å²) in [5.74, 6) is 0.213. The van der Waals surface area contributed by atoms with Crippen molar-refractivity contribution in [3.05, 3.63) is 72.0 Å². The highest BCUT2D eigenvalue weighted by Crippen LogP contribution is 2.36. The number of ether oxygens (including phenoxy) is 1. The molecule has 156 valence electrons. The fraction of sp³-hybridized carbons (Fsp3) is 0.348. The van der Waals surface area contributed by atoms with E-state index in [1.54, 1.807) is 24.4 Å². The Balaban J connectivity index is 1.53. The first-order valence-corrected chi connectivity index (χ1v) is 10.1. The lowest BCUT2D eigenvalue weighted by molar-refractivity contribution is -0.137. The normalized spacial score (nSPS) is 16.7. The van der Waals surface area contributed by atoms with Crippen LogP contribution < -0.4 is 5.32 Å². The van der Waals surface area contributed by atoms with Crippen LogP contribution in [-0.2, 0) is 16.0 Å². The molecule has 0 bridgehead atoms. The van der Waals surface area contributed by atoms with Crippen LogP contribution in [0.5, 0.6) is 0 Å². The van der Waals surface area contributed by atoms with E-state index in [1.165, 1.54) is 12.1 Å². The highest BCUT2D eigenvalue weighted by Gasteiger charge is 2.41. The van der Waals surface area contributed by atoms with Gasteiger partial charge in [0.2, 0.25) is 5.91 Å². The molecule has 0 radical (unpaired) electrons. The molecular weight excluding hydrogens is 385 g/mol. The zero-order chi connectivity index (χ0) is 21.0. The van der Waals surface area contributed by atoms with E-state index in [0.717, 1.165) is 5.69 Å². The summed E-state index contributed by atoms with van der Waals surface area (Å²) in [6, 6.07) is 13.4. The van der Waals surface area contributed by atoms with E-state index in [2.05, 4.69) is 15.5 Å². The van der Waals surface area contributed by atoms with Gasteiger partial charge in [-0.3, -0.25) is 9.78 Å². The quantitative estimate of drug-likeness (QED) is 0.663. The van der Waals surface area contributed by atoms with Gasteiger partial charge < -0.3 is 14.6 Å². The largest absolute Gasteiger partial charge is 0.381 e. The van der Waals surface area contributed by atoms with E-state index < -0.39 is 5.41 Å². The van der Waals surface area contributed by atoms with Crippen LogP contribution in [0, 0.1) is 11.2 Å². The smallest absolute Gasteiger partial charge is 0.227 e. The molecule has 1 fully saturated rings. The molecule has 4 rings (SSSR count). The number of benzene rings is 1. The molecule has 7 heteroatoms. The number of carbonyl (C=O) groups is 1. The Labute approximate surface area is 174 Å². The summed E-state index contributed by atoms with van der Waals surface area (Å²) in [4.78, 5) is 17.7. The summed E-state index contributed by atoms with van der Waals surface area (Å²) >= 11 is 0. The first-order chi connectivity index (χ1) is 14.6. The van der Waals surface area contributed by atoms with Crippen LogP contribution in [0.4, 0.5) is 4.39 Å². The van der Waals surface area contributed by atoms with Crippen LogP contribution in [0.1, 0.15) is 37.3 Å². The molecule has 6 nitrogen and oxygen atoms in total. The van der Waals surface area contributed by atoms with Gasteiger partial charge in [0.1, 0.15) is 17.3 Å². The van der Waals surface area contributed by atoms with Crippen molar-refractivity contribution in [2.75, 3.05) is 13.2 Å². The minimum absolute atomic E-state index is 0.0485. The summed E-state index contributed by atoms with van der Waals surface area (Å²) in [6.07, 6.45) is 3.29. The molecule has 1 amide bonds. The van der Waals surface area contributed by atoms with Crippen LogP contribution in [0.3, 0.4) is 0 Å². The highest BCUT2D eigenvalue weighted by atomic mass is 19.1. The van der Waals surface area contributed by atoms with Gasteiger partial charge in [-0.15, -0.1) is 0 Å². The maximum absolute atomic E-state index is 13.5. The third-order valence-corrected chi connectivity index (χ3v) is 5.60. The third kappa shape index (κ3) is 4.41. The molecule has 0 saturated carbocycles. The van der Waals surface area contributed by atoms with Crippen LogP contribution >= 0.6 is 0 Å². The summed E-state index contributed by atoms with van der Waals surface area (Å²) in [5, 5.41) is 7.18. The van der Waals surface area contributed by atoms with E-state index in [1.807, 2.05) is 25.1 Å². The zero-order valence-electron chi connectivity index (χ0n) is 16.8. The Morgan fingerprint density at radius 2 is 2.03 bits per heavy atom. The molecular formula is C23H24FN3O3. The molecule has 30 heavy (non-hydrogen) atoms. The van der Waals surface area contributed by atoms with Crippen molar-refractivity contribution in [2.24, 2.45) is 5.41 Å². The van der Waals surface area contributed by atoms with Crippen LogP contribution in [0.2, 0.25) is 0 Å². The van der Waals surface area contributed by atoms with Gasteiger partial charge in [0, 0.05) is 37.5 Å². The van der Waals surface area contributed by atoms with Crippen molar-refractivity contribution in [1.29, 1.82) is 0 Å². The number of halogens is 1. The predicted molar refractivity (Wildman–Crippen MR) is 109 cm³/mol. The number of nitrogens with zero attached hydrogens (tertiary/aromatic N) is 2. The van der Waals surface area contributed by atoms with Crippen molar-refractivity contribution in [2.45, 2.75) is 32.2 Å². The lowest BCUT2D eigenvalue weighted by Crippen LogP contribution is -2.46. The molecule has 0 aliphatic carbocycles. The molecule has 1 aliphatic rings. The molecule has 3 aromatic rings. The van der Waals surface area contributed by atoms with Crippen LogP contribution in [-0.4, -0.2) is 29.3 Å². The molecule has 1 atom stereocenters. The third-order valence-electron chi connectivity index (χ3n) is 5.60. The number of pyridine rings is 1. The molecule has 1 saturated heterocycles. The summed E-state index contributed by atoms with van der Waals surface area (Å²) in [6.45, 7) is 2.94. The molecule has 0 spiro atoms. The van der Waals surface area contributed by atoms with Crippen LogP contribution in [0.15, 0.2) is 59.3 Å². The Morgan fingerprint density at radius 3 is 2.77 bits per heavy atom. The van der Waals surface area contributed by atoms with E-state index in [4.69, 9.17) is 9.26 Å². The average molecular weight is 409 g/mol. The Morgan fingerprint density at radius 1 is 1.20 bits per heavy atom. The van der Waals surface area contributed by atoms with Gasteiger partial charge >= 0.3 is 0 Å². The number of carbonyl (C=O) groups excluding carboxylic acids is 1. The first kappa shape index (κ1) is 20.2. The SMILES string of the molecule is CC(NC(=O)C1(Cc2cc(-c3cccc(F)c3)no2)CCOCC1)c1ccccn1. The molecule has 3 heterocycles. The van der Waals surface area contributed by atoms with E-state index in [-0.39, 0.29) is 17.8 Å². The van der Waals surface area contributed by atoms with Crippen molar-refractivity contribution >= 4 is 5.91 Å². The van der Waals surface area contributed by atoms with E-state index >= 15 is 0 Å². The van der Waals surface area contributed by atoms with Gasteiger partial charge in [-0.1, -0.05) is 23.4 Å². The summed E-state index contributed by atoms with van der Waals surface area (Å²) < 4.78 is 24.6. The minimum atomic E-state index is -0.653. The van der Waals surface area contributed by atoms with Gasteiger partial charge in [-0.25, -0.2) is 4.39 Å². The van der Waals surface area contributed by atoms with Gasteiger partial charge in [0.05, 0.1) is 17.2 Å². The molecule has 1 aliphatic heterocycles. The maximum Gasteiger partial charge on any atom is 0.227 e. The monoisotopic (exact) mass is 409 g/mol. The molecule has 1 unspecified atom stereocenters. The number of rotatable bonds is 6. The fourth-order valence-electron chi connectivity index (χ4n) is 3.82. The lowest BCUT2D eigenvalue weighted by Gasteiger charge is -2.35. The Bertz CT molecular complexity index is 1000. The standard InChI is InChI=1S/C23H24FN3O3/c1-16(20-7-2-3-10-25-20)26-22(28)23(8-11-29-12-9-23)15-19-14-21(27-30-19)17-5-4-6-18(24)13-17/h2-7,10,13-14,16H,8-9,11-12,15H2,1H3,(H,26,28). The van der Waals surface area contributed by atoms with Crippen molar-refractivity contribution in [3.8, 4) is 11.3 Å². The topological polar surface area (TPSA) is 77.2 Å². The van der Waals surface area contributed by atoms with Crippen molar-refractivity contribution in [3.63, 3.8) is 0 Å². The van der Waals surface area contributed by atoms with Gasteiger partial charge in [-0.2, -0.15) is 0 Å². The van der Waals surface area contributed by atoms with Crippen molar-refractivity contribution in [1.82, 2.24) is 15.5 Å². The molecule has 1 aromatic carbocycles. The summed E-state index contributed by atoms with van der Waals surface area (Å²) in [7, 11) is 0. The van der Waals surface area contributed by atoms with Gasteiger partial charge in [-0.05, 0) is 44.0 Å². The zero-order valence-corrected chi connectivity index (χ0v) is 16.8. The van der Waals surface area contributed by atoms with Crippen molar-refractivity contribution < 1.29 is 18.4 Å². The Kier molecular flexibility index (Phi) is 5.90. The first-order valence-electron chi connectivity index (χ1n) is 10.1. The average Bonchev–Trinajstić information content (AvgIpc) is 3.23. The molecule has 1 N–H and O–H groups in total. The number of aromatic nitrogens is 2. The highest BCUT2D eigenvalue weighted by molar-refractivity contribution is 5.83. The van der Waals surface area contributed by atoms with E-state index in [0.29, 0.717) is 49.5 Å². The lowest BCUT2D eigenvalue weighted by atomic mass is 9.75. The van der Waals surface area contributed by atoms with E-state index in [9.17, 15) is 9.18 Å². The molecule has 2 aromatic heterocycles. The predicted octanol–water partition coefficient (Wildman–Crippen LogP) is 4.09. The van der Waals surface area contributed by atoms with Gasteiger partial charge in [0.15, 0.2) is 0 Å². The number of hydrogen-bond donors (Lipinski definition) is 1.